The Bertz CT molecular complexity index is 343. The van der Waals surface area contributed by atoms with Crippen LogP contribution in [0.1, 0.15) is 25.7 Å². The van der Waals surface area contributed by atoms with Crippen LogP contribution in [0.4, 0.5) is 0 Å². The van der Waals surface area contributed by atoms with Crippen LogP contribution in [0.3, 0.4) is 0 Å². The molecule has 1 unspecified atom stereocenters. The first kappa shape index (κ1) is 13.3. The molecular weight excluding hydrogens is 232 g/mol. The third kappa shape index (κ3) is 2.51. The predicted octanol–water partition coefficient (Wildman–Crippen LogP) is 0.650. The number of likely N-dealkylation sites (N-methyl/N-ethyl adjacent to an activating group) is 1. The van der Waals surface area contributed by atoms with Crippen LogP contribution >= 0.6 is 0 Å². The maximum atomic E-state index is 12.4. The molecular formula is C13H22N2O3. The van der Waals surface area contributed by atoms with Gasteiger partial charge in [0.1, 0.15) is 0 Å². The lowest BCUT2D eigenvalue weighted by atomic mass is 9.95. The van der Waals surface area contributed by atoms with Crippen LogP contribution in [0, 0.1) is 11.8 Å². The molecule has 2 fully saturated rings. The zero-order valence-corrected chi connectivity index (χ0v) is 11.1. The molecule has 3 atom stereocenters. The standard InChI is InChI=1S/C13H22N2O3/c1-14(2)9-6-7-15(8-9)12(16)10-4-3-5-11(10)13(17)18/h9-11H,3-8H2,1-2H3,(H,17,18)/t9?,10-,11+/m1/s1. The fraction of sp³-hybridized carbons (Fsp3) is 0.846. The molecule has 0 aromatic heterocycles. The van der Waals surface area contributed by atoms with Gasteiger partial charge in [0.05, 0.1) is 11.8 Å². The van der Waals surface area contributed by atoms with Gasteiger partial charge >= 0.3 is 5.97 Å². The Kier molecular flexibility index (Phi) is 3.90. The summed E-state index contributed by atoms with van der Waals surface area (Å²) < 4.78 is 0. The molecule has 1 heterocycles. The summed E-state index contributed by atoms with van der Waals surface area (Å²) >= 11 is 0. The predicted molar refractivity (Wildman–Crippen MR) is 67.1 cm³/mol. The Morgan fingerprint density at radius 1 is 1.17 bits per heavy atom. The molecule has 5 heteroatoms. The number of hydrogen-bond donors (Lipinski definition) is 1. The third-order valence-electron chi connectivity index (χ3n) is 4.36. The highest BCUT2D eigenvalue weighted by molar-refractivity contribution is 5.85. The van der Waals surface area contributed by atoms with Crippen molar-refractivity contribution in [2.24, 2.45) is 11.8 Å². The summed E-state index contributed by atoms with van der Waals surface area (Å²) in [5.41, 5.74) is 0. The highest BCUT2D eigenvalue weighted by Gasteiger charge is 2.41. The monoisotopic (exact) mass is 254 g/mol. The summed E-state index contributed by atoms with van der Waals surface area (Å²) in [4.78, 5) is 27.5. The van der Waals surface area contributed by atoms with Crippen LogP contribution in [-0.4, -0.2) is 60.0 Å². The average molecular weight is 254 g/mol. The zero-order valence-electron chi connectivity index (χ0n) is 11.1. The van der Waals surface area contributed by atoms with Crippen LogP contribution < -0.4 is 0 Å². The SMILES string of the molecule is CN(C)C1CCN(C(=O)[C@@H]2CCC[C@@H]2C(=O)O)C1. The molecule has 1 aliphatic carbocycles. The Balaban J connectivity index is 1.98. The minimum atomic E-state index is -0.811. The summed E-state index contributed by atoms with van der Waals surface area (Å²) in [7, 11) is 4.04. The maximum absolute atomic E-state index is 12.4. The van der Waals surface area contributed by atoms with Crippen molar-refractivity contribution in [2.45, 2.75) is 31.7 Å². The molecule has 5 nitrogen and oxygen atoms in total. The van der Waals surface area contributed by atoms with Gasteiger partial charge in [-0.2, -0.15) is 0 Å². The lowest BCUT2D eigenvalue weighted by Gasteiger charge is -2.24. The third-order valence-corrected chi connectivity index (χ3v) is 4.36. The van der Waals surface area contributed by atoms with E-state index >= 15 is 0 Å². The van der Waals surface area contributed by atoms with Gasteiger partial charge in [0.15, 0.2) is 0 Å². The van der Waals surface area contributed by atoms with Crippen molar-refractivity contribution in [1.29, 1.82) is 0 Å². The number of likely N-dealkylation sites (tertiary alicyclic amines) is 1. The van der Waals surface area contributed by atoms with Crippen molar-refractivity contribution in [3.8, 4) is 0 Å². The smallest absolute Gasteiger partial charge is 0.307 e. The van der Waals surface area contributed by atoms with Crippen molar-refractivity contribution < 1.29 is 14.7 Å². The van der Waals surface area contributed by atoms with Crippen LogP contribution in [0.2, 0.25) is 0 Å². The summed E-state index contributed by atoms with van der Waals surface area (Å²) in [6, 6.07) is 0.415. The van der Waals surface area contributed by atoms with Crippen molar-refractivity contribution in [2.75, 3.05) is 27.2 Å². The molecule has 2 aliphatic rings. The number of carboxylic acids is 1. The number of carbonyl (C=O) groups is 2. The number of rotatable bonds is 3. The van der Waals surface area contributed by atoms with Crippen molar-refractivity contribution >= 4 is 11.9 Å². The van der Waals surface area contributed by atoms with Gasteiger partial charge in [-0.05, 0) is 33.4 Å². The minimum absolute atomic E-state index is 0.0595. The van der Waals surface area contributed by atoms with Crippen molar-refractivity contribution in [3.63, 3.8) is 0 Å². The normalized spacial score (nSPS) is 32.2. The second-order valence-corrected chi connectivity index (χ2v) is 5.67. The molecule has 1 saturated heterocycles. The number of aliphatic carboxylic acids is 1. The Morgan fingerprint density at radius 3 is 2.39 bits per heavy atom. The molecule has 1 saturated carbocycles. The molecule has 0 spiro atoms. The van der Waals surface area contributed by atoms with E-state index in [0.717, 1.165) is 32.4 Å². The first-order chi connectivity index (χ1) is 8.50. The number of amides is 1. The van der Waals surface area contributed by atoms with E-state index in [1.165, 1.54) is 0 Å². The lowest BCUT2D eigenvalue weighted by Crippen LogP contribution is -2.40. The highest BCUT2D eigenvalue weighted by atomic mass is 16.4. The van der Waals surface area contributed by atoms with E-state index < -0.39 is 11.9 Å². The van der Waals surface area contributed by atoms with E-state index in [1.54, 1.807) is 0 Å². The fourth-order valence-corrected chi connectivity index (χ4v) is 3.15. The molecule has 1 amide bonds. The molecule has 1 aliphatic heterocycles. The minimum Gasteiger partial charge on any atom is -0.481 e. The van der Waals surface area contributed by atoms with Gasteiger partial charge in [0, 0.05) is 19.1 Å². The molecule has 2 rings (SSSR count). The summed E-state index contributed by atoms with van der Waals surface area (Å²) in [6.07, 6.45) is 3.23. The lowest BCUT2D eigenvalue weighted by molar-refractivity contribution is -0.148. The molecule has 0 aromatic carbocycles. The van der Waals surface area contributed by atoms with Gasteiger partial charge in [0.25, 0.3) is 0 Å². The number of carboxylic acid groups (broad SMARTS) is 1. The van der Waals surface area contributed by atoms with Gasteiger partial charge in [-0.3, -0.25) is 9.59 Å². The zero-order chi connectivity index (χ0) is 13.3. The van der Waals surface area contributed by atoms with E-state index in [1.807, 2.05) is 19.0 Å². The first-order valence-corrected chi connectivity index (χ1v) is 6.68. The van der Waals surface area contributed by atoms with E-state index in [0.29, 0.717) is 12.5 Å². The van der Waals surface area contributed by atoms with Crippen LogP contribution in [0.15, 0.2) is 0 Å². The molecule has 18 heavy (non-hydrogen) atoms. The molecule has 0 radical (unpaired) electrons. The second kappa shape index (κ2) is 5.26. The highest BCUT2D eigenvalue weighted by Crippen LogP contribution is 2.34. The van der Waals surface area contributed by atoms with Gasteiger partial charge < -0.3 is 14.9 Å². The van der Waals surface area contributed by atoms with Crippen LogP contribution in [-0.2, 0) is 9.59 Å². The number of carbonyl (C=O) groups excluding carboxylic acids is 1. The van der Waals surface area contributed by atoms with Crippen molar-refractivity contribution in [1.82, 2.24) is 9.80 Å². The van der Waals surface area contributed by atoms with E-state index in [-0.39, 0.29) is 11.8 Å². The molecule has 102 valence electrons. The van der Waals surface area contributed by atoms with Crippen molar-refractivity contribution in [3.05, 3.63) is 0 Å². The molecule has 0 bridgehead atoms. The Hall–Kier alpha value is -1.10. The average Bonchev–Trinajstić information content (AvgIpc) is 2.97. The number of nitrogens with zero attached hydrogens (tertiary/aromatic N) is 2. The van der Waals surface area contributed by atoms with E-state index in [2.05, 4.69) is 4.90 Å². The Labute approximate surface area is 108 Å². The topological polar surface area (TPSA) is 60.9 Å². The maximum Gasteiger partial charge on any atom is 0.307 e. The summed E-state index contributed by atoms with van der Waals surface area (Å²) in [6.45, 7) is 1.51. The van der Waals surface area contributed by atoms with Crippen LogP contribution in [0.5, 0.6) is 0 Å². The van der Waals surface area contributed by atoms with Crippen LogP contribution in [0.25, 0.3) is 0 Å². The Morgan fingerprint density at radius 2 is 1.83 bits per heavy atom. The largest absolute Gasteiger partial charge is 0.481 e. The second-order valence-electron chi connectivity index (χ2n) is 5.67. The summed E-state index contributed by atoms with van der Waals surface area (Å²) in [5, 5.41) is 9.14. The van der Waals surface area contributed by atoms with Gasteiger partial charge in [-0.1, -0.05) is 6.42 Å². The quantitative estimate of drug-likeness (QED) is 0.803. The van der Waals surface area contributed by atoms with Gasteiger partial charge in [-0.25, -0.2) is 0 Å². The first-order valence-electron chi connectivity index (χ1n) is 6.68. The molecule has 0 aromatic rings. The number of hydrogen-bond acceptors (Lipinski definition) is 3. The molecule has 1 N–H and O–H groups in total. The van der Waals surface area contributed by atoms with Gasteiger partial charge in [-0.15, -0.1) is 0 Å². The summed E-state index contributed by atoms with van der Waals surface area (Å²) in [5.74, 6) is -1.50. The van der Waals surface area contributed by atoms with E-state index in [4.69, 9.17) is 5.11 Å². The van der Waals surface area contributed by atoms with E-state index in [9.17, 15) is 9.59 Å². The fourth-order valence-electron chi connectivity index (χ4n) is 3.15. The van der Waals surface area contributed by atoms with Gasteiger partial charge in [0.2, 0.25) is 5.91 Å².